The Morgan fingerprint density at radius 2 is 1.77 bits per heavy atom. The zero-order valence-electron chi connectivity index (χ0n) is 7.45. The van der Waals surface area contributed by atoms with Gasteiger partial charge in [-0.1, -0.05) is 6.58 Å². The molecule has 0 amide bonds. The third-order valence-electron chi connectivity index (χ3n) is 1.41. The quantitative estimate of drug-likeness (QED) is 0.387. The van der Waals surface area contributed by atoms with Crippen molar-refractivity contribution >= 4 is 44.7 Å². The maximum absolute atomic E-state index is 11.4. The molecular weight excluding hydrogens is 240 g/mol. The molecule has 0 radical (unpaired) electrons. The van der Waals surface area contributed by atoms with Gasteiger partial charge in [-0.2, -0.15) is 0 Å². The fraction of sp³-hybridized carbons (Fsp3) is 0.250. The molecule has 0 unspecified atom stereocenters. The van der Waals surface area contributed by atoms with Gasteiger partial charge in [0.2, 0.25) is 0 Å². The van der Waals surface area contributed by atoms with E-state index in [4.69, 9.17) is 16.5 Å². The van der Waals surface area contributed by atoms with Crippen LogP contribution in [0.25, 0.3) is 0 Å². The summed E-state index contributed by atoms with van der Waals surface area (Å²) in [6, 6.07) is 0. The molecule has 5 nitrogen and oxygen atoms in total. The van der Waals surface area contributed by atoms with E-state index in [0.29, 0.717) is 5.57 Å². The maximum Gasteiger partial charge on any atom is 0.381 e. The molecule has 9 heteroatoms. The van der Waals surface area contributed by atoms with Gasteiger partial charge in [0, 0.05) is 0 Å². The van der Waals surface area contributed by atoms with E-state index in [2.05, 4.69) is 6.58 Å². The molecule has 1 heterocycles. The number of allylic oxidation sites excluding steroid dienone is 1. The van der Waals surface area contributed by atoms with Crippen LogP contribution in [0, 0.1) is 0 Å². The van der Waals surface area contributed by atoms with Gasteiger partial charge in [0.1, 0.15) is 0 Å². The average molecular weight is 252 g/mol. The zero-order chi connectivity index (χ0) is 9.68. The predicted octanol–water partition coefficient (Wildman–Crippen LogP) is -3.03. The lowest BCUT2D eigenvalue weighted by atomic mass is 10.4. The minimum Gasteiger partial charge on any atom is -0.425 e. The monoisotopic (exact) mass is 252 g/mol. The lowest BCUT2D eigenvalue weighted by Crippen LogP contribution is -2.40. The van der Waals surface area contributed by atoms with Gasteiger partial charge in [-0.3, -0.25) is 4.79 Å². The Bertz CT molecular complexity index is 201. The van der Waals surface area contributed by atoms with Crippen LogP contribution in [0.3, 0.4) is 0 Å². The standard InChI is InChI=1S/C4H12O5Si4/c1-3(2)4(5)13-8-11-6-10-7-12-9-13/h13H,1,10-12H2,2H3. The molecule has 1 saturated heterocycles. The second kappa shape index (κ2) is 5.77. The molecule has 1 aliphatic heterocycles. The first-order chi connectivity index (χ1) is 6.22. The van der Waals surface area contributed by atoms with Crippen molar-refractivity contribution in [1.82, 2.24) is 0 Å². The fourth-order valence-corrected chi connectivity index (χ4v) is 9.18. The van der Waals surface area contributed by atoms with Crippen molar-refractivity contribution in [3.8, 4) is 0 Å². The van der Waals surface area contributed by atoms with Crippen LogP contribution in [0.1, 0.15) is 6.92 Å². The van der Waals surface area contributed by atoms with Crippen molar-refractivity contribution in [1.29, 1.82) is 0 Å². The van der Waals surface area contributed by atoms with Crippen molar-refractivity contribution in [2.75, 3.05) is 0 Å². The van der Waals surface area contributed by atoms with Crippen molar-refractivity contribution in [3.05, 3.63) is 12.2 Å². The molecule has 0 spiro atoms. The number of hydrogen-bond acceptors (Lipinski definition) is 5. The number of hydrogen-bond donors (Lipinski definition) is 0. The molecule has 0 aromatic rings. The van der Waals surface area contributed by atoms with E-state index >= 15 is 0 Å². The summed E-state index contributed by atoms with van der Waals surface area (Å²) in [5.74, 6) is 0. The van der Waals surface area contributed by atoms with Crippen molar-refractivity contribution in [2.24, 2.45) is 0 Å². The molecule has 1 aliphatic rings. The largest absolute Gasteiger partial charge is 0.425 e. The predicted molar refractivity (Wildman–Crippen MR) is 56.9 cm³/mol. The van der Waals surface area contributed by atoms with Gasteiger partial charge in [-0.15, -0.1) is 0 Å². The third kappa shape index (κ3) is 3.78. The Balaban J connectivity index is 2.45. The molecule has 0 aromatic carbocycles. The highest BCUT2D eigenvalue weighted by molar-refractivity contribution is 6.88. The first-order valence-corrected chi connectivity index (χ1v) is 8.78. The molecule has 13 heavy (non-hydrogen) atoms. The lowest BCUT2D eigenvalue weighted by molar-refractivity contribution is -0.110. The first kappa shape index (κ1) is 11.2. The zero-order valence-corrected chi connectivity index (χ0v) is 12.8. The third-order valence-corrected chi connectivity index (χ3v) is 8.51. The smallest absolute Gasteiger partial charge is 0.381 e. The van der Waals surface area contributed by atoms with Crippen LogP contribution in [-0.2, 0) is 21.3 Å². The SMILES string of the molecule is C=C(C)C(=O)[SiH]1O[SiH2]O[SiH2]O[SiH2]O1. The van der Waals surface area contributed by atoms with Crippen LogP contribution < -0.4 is 0 Å². The topological polar surface area (TPSA) is 54.0 Å². The molecule has 74 valence electrons. The van der Waals surface area contributed by atoms with Crippen molar-refractivity contribution in [3.63, 3.8) is 0 Å². The summed E-state index contributed by atoms with van der Waals surface area (Å²) < 4.78 is 21.0. The van der Waals surface area contributed by atoms with Crippen LogP contribution in [0.4, 0.5) is 0 Å². The first-order valence-electron chi connectivity index (χ1n) is 3.80. The second-order valence-corrected chi connectivity index (χ2v) is 10.4. The van der Waals surface area contributed by atoms with E-state index in [0.717, 1.165) is 0 Å². The van der Waals surface area contributed by atoms with Gasteiger partial charge in [-0.05, 0) is 12.5 Å². The minimum absolute atomic E-state index is 0.0734. The van der Waals surface area contributed by atoms with Gasteiger partial charge in [0.05, 0.1) is 0 Å². The highest BCUT2D eigenvalue weighted by Gasteiger charge is 2.25. The van der Waals surface area contributed by atoms with Gasteiger partial charge < -0.3 is 16.5 Å². The summed E-state index contributed by atoms with van der Waals surface area (Å²) in [4.78, 5) is 11.4. The van der Waals surface area contributed by atoms with Gasteiger partial charge in [0.15, 0.2) is 5.41 Å². The van der Waals surface area contributed by atoms with E-state index in [1.807, 2.05) is 0 Å². The van der Waals surface area contributed by atoms with Gasteiger partial charge in [-0.25, -0.2) is 0 Å². The van der Waals surface area contributed by atoms with E-state index < -0.39 is 39.3 Å². The molecule has 0 bridgehead atoms. The Labute approximate surface area is 85.4 Å². The maximum atomic E-state index is 11.4. The molecule has 0 N–H and O–H groups in total. The highest BCUT2D eigenvalue weighted by Crippen LogP contribution is 2.00. The van der Waals surface area contributed by atoms with E-state index in [1.165, 1.54) is 0 Å². The van der Waals surface area contributed by atoms with Crippen LogP contribution in [0.15, 0.2) is 12.2 Å². The number of rotatable bonds is 2. The summed E-state index contributed by atoms with van der Waals surface area (Å²) in [5, 5.41) is -0.0734. The van der Waals surface area contributed by atoms with E-state index in [1.54, 1.807) is 6.92 Å². The van der Waals surface area contributed by atoms with E-state index in [-0.39, 0.29) is 5.41 Å². The second-order valence-electron chi connectivity index (χ2n) is 2.57. The minimum atomic E-state index is -2.19. The Morgan fingerprint density at radius 3 is 2.23 bits per heavy atom. The van der Waals surface area contributed by atoms with Crippen LogP contribution in [0.2, 0.25) is 0 Å². The molecule has 0 aliphatic carbocycles. The van der Waals surface area contributed by atoms with Crippen LogP contribution >= 0.6 is 0 Å². The summed E-state index contributed by atoms with van der Waals surface area (Å²) in [6.07, 6.45) is 0. The molecule has 0 atom stereocenters. The lowest BCUT2D eigenvalue weighted by Gasteiger charge is -2.19. The summed E-state index contributed by atoms with van der Waals surface area (Å²) in [7, 11) is -5.12. The fourth-order valence-electron chi connectivity index (χ4n) is 0.747. The van der Waals surface area contributed by atoms with Gasteiger partial charge in [0.25, 0.3) is 30.0 Å². The Hall–Kier alpha value is 0.118. The molecular formula is C4H12O5Si4. The van der Waals surface area contributed by atoms with Crippen molar-refractivity contribution in [2.45, 2.75) is 6.92 Å². The summed E-state index contributed by atoms with van der Waals surface area (Å²) in [6.45, 7) is 5.23. The number of carbonyl (C=O) groups excluding carboxylic acids is 1. The molecule has 1 fully saturated rings. The highest BCUT2D eigenvalue weighted by atomic mass is 28.4. The van der Waals surface area contributed by atoms with E-state index in [9.17, 15) is 4.79 Å². The van der Waals surface area contributed by atoms with Crippen LogP contribution in [0.5, 0.6) is 0 Å². The number of carbonyl (C=O) groups is 1. The Kier molecular flexibility index (Phi) is 4.96. The van der Waals surface area contributed by atoms with Crippen LogP contribution in [-0.4, -0.2) is 44.7 Å². The molecule has 0 aromatic heterocycles. The molecule has 1 rings (SSSR count). The Morgan fingerprint density at radius 1 is 1.23 bits per heavy atom. The normalized spacial score (nSPS) is 30.1. The average Bonchev–Trinajstić information content (AvgIpc) is 2.02. The van der Waals surface area contributed by atoms with Crippen molar-refractivity contribution < 1.29 is 21.3 Å². The molecule has 0 saturated carbocycles. The summed E-state index contributed by atoms with van der Waals surface area (Å²) >= 11 is 0. The van der Waals surface area contributed by atoms with Gasteiger partial charge >= 0.3 is 9.28 Å². The summed E-state index contributed by atoms with van der Waals surface area (Å²) in [5.41, 5.74) is 0.498.